The monoisotopic (exact) mass is 433 g/mol. The molecule has 0 spiro atoms. The molecule has 1 unspecified atom stereocenters. The van der Waals surface area contributed by atoms with E-state index >= 15 is 0 Å². The number of benzene rings is 2. The number of nitrogens with one attached hydrogen (secondary N) is 1. The van der Waals surface area contributed by atoms with Gasteiger partial charge in [0.15, 0.2) is 0 Å². The molecule has 0 aliphatic carbocycles. The smallest absolute Gasteiger partial charge is 0.257 e. The summed E-state index contributed by atoms with van der Waals surface area (Å²) in [4.78, 5) is 45.0. The number of hydrogen-bond acceptors (Lipinski definition) is 4. The molecule has 3 aromatic rings. The minimum absolute atomic E-state index is 0.00575. The van der Waals surface area contributed by atoms with Crippen LogP contribution in [0.15, 0.2) is 54.7 Å². The van der Waals surface area contributed by atoms with Gasteiger partial charge in [0.25, 0.3) is 5.91 Å². The molecular weight excluding hydrogens is 406 g/mol. The summed E-state index contributed by atoms with van der Waals surface area (Å²) in [5, 5.41) is 1.10. The van der Waals surface area contributed by atoms with Crippen molar-refractivity contribution in [3.05, 3.63) is 60.3 Å². The minimum atomic E-state index is -0.783. The van der Waals surface area contributed by atoms with Gasteiger partial charge in [-0.25, -0.2) is 4.90 Å². The Hall–Kier alpha value is -3.61. The average Bonchev–Trinajstić information content (AvgIpc) is 3.35. The zero-order valence-corrected chi connectivity index (χ0v) is 18.3. The van der Waals surface area contributed by atoms with Crippen molar-refractivity contribution in [2.24, 2.45) is 0 Å². The molecule has 1 fully saturated rings. The van der Waals surface area contributed by atoms with Crippen LogP contribution in [0.25, 0.3) is 10.9 Å². The highest BCUT2D eigenvalue weighted by Crippen LogP contribution is 2.28. The number of fused-ring (bicyclic) bond motifs is 1. The second kappa shape index (κ2) is 9.26. The molecule has 2 heterocycles. The molecule has 4 rings (SSSR count). The summed E-state index contributed by atoms with van der Waals surface area (Å²) < 4.78 is 5.16. The molecular formula is C25H27N3O4. The first-order valence-electron chi connectivity index (χ1n) is 10.9. The summed E-state index contributed by atoms with van der Waals surface area (Å²) in [6.07, 6.45) is 3.56. The van der Waals surface area contributed by atoms with Gasteiger partial charge in [0.05, 0.1) is 19.2 Å². The number of aromatic nitrogens is 1. The third-order valence-corrected chi connectivity index (χ3v) is 5.91. The van der Waals surface area contributed by atoms with Crippen molar-refractivity contribution in [2.45, 2.75) is 38.6 Å². The average molecular weight is 434 g/mol. The predicted octanol–water partition coefficient (Wildman–Crippen LogP) is 3.68. The van der Waals surface area contributed by atoms with E-state index < -0.39 is 6.04 Å². The number of hydrogen-bond donors (Lipinski definition) is 1. The van der Waals surface area contributed by atoms with Crippen LogP contribution in [0.4, 0.5) is 5.69 Å². The maximum atomic E-state index is 13.3. The number of rotatable bonds is 8. The van der Waals surface area contributed by atoms with E-state index in [4.69, 9.17) is 4.74 Å². The lowest BCUT2D eigenvalue weighted by Crippen LogP contribution is -2.46. The van der Waals surface area contributed by atoms with Gasteiger partial charge >= 0.3 is 0 Å². The summed E-state index contributed by atoms with van der Waals surface area (Å²) in [6.45, 7) is 2.31. The number of H-pyrrole nitrogens is 1. The normalized spacial score (nSPS) is 16.1. The molecule has 1 aromatic heterocycles. The summed E-state index contributed by atoms with van der Waals surface area (Å²) in [6, 6.07) is 14.0. The molecule has 7 nitrogen and oxygen atoms in total. The first-order valence-corrected chi connectivity index (χ1v) is 10.9. The molecule has 32 heavy (non-hydrogen) atoms. The summed E-state index contributed by atoms with van der Waals surface area (Å²) in [5.74, 6) is -0.118. The molecule has 1 aliphatic rings. The van der Waals surface area contributed by atoms with Gasteiger partial charge in [0.2, 0.25) is 11.8 Å². The van der Waals surface area contributed by atoms with E-state index in [9.17, 15) is 14.4 Å². The van der Waals surface area contributed by atoms with Crippen LogP contribution in [0.2, 0.25) is 0 Å². The van der Waals surface area contributed by atoms with Crippen LogP contribution < -0.4 is 9.64 Å². The molecule has 1 N–H and O–H groups in total. The lowest BCUT2D eigenvalue weighted by molar-refractivity contribution is -0.138. The largest absolute Gasteiger partial charge is 0.497 e. The number of para-hydroxylation sites is 1. The molecule has 166 valence electrons. The summed E-state index contributed by atoms with van der Waals surface area (Å²) >= 11 is 0. The van der Waals surface area contributed by atoms with E-state index in [0.717, 1.165) is 16.5 Å². The molecule has 7 heteroatoms. The van der Waals surface area contributed by atoms with Crippen molar-refractivity contribution in [3.63, 3.8) is 0 Å². The summed E-state index contributed by atoms with van der Waals surface area (Å²) in [5.41, 5.74) is 2.60. The quantitative estimate of drug-likeness (QED) is 0.550. The van der Waals surface area contributed by atoms with Gasteiger partial charge in [-0.2, -0.15) is 0 Å². The molecule has 2 aromatic carbocycles. The van der Waals surface area contributed by atoms with E-state index in [1.54, 1.807) is 36.3 Å². The second-order valence-electron chi connectivity index (χ2n) is 7.93. The molecule has 1 saturated heterocycles. The minimum Gasteiger partial charge on any atom is -0.497 e. The molecule has 1 aliphatic heterocycles. The van der Waals surface area contributed by atoms with E-state index in [1.807, 2.05) is 37.4 Å². The lowest BCUT2D eigenvalue weighted by Gasteiger charge is -2.27. The number of ether oxygens (including phenoxy) is 1. The Morgan fingerprint density at radius 2 is 1.91 bits per heavy atom. The van der Waals surface area contributed by atoms with Crippen molar-refractivity contribution in [1.82, 2.24) is 9.88 Å². The number of imide groups is 1. The van der Waals surface area contributed by atoms with Crippen LogP contribution in [0.5, 0.6) is 5.75 Å². The first kappa shape index (κ1) is 21.6. The predicted molar refractivity (Wildman–Crippen MR) is 123 cm³/mol. The SMILES string of the molecule is CCCC(=O)N(CCc1c[nH]c2ccccc12)C1CC(=O)N(c2ccc(OC)cc2)C1=O. The molecule has 3 amide bonds. The van der Waals surface area contributed by atoms with Crippen molar-refractivity contribution in [1.29, 1.82) is 0 Å². The highest BCUT2D eigenvalue weighted by molar-refractivity contribution is 6.23. The van der Waals surface area contributed by atoms with E-state index in [-0.39, 0.29) is 24.1 Å². The number of amides is 3. The number of anilines is 1. The van der Waals surface area contributed by atoms with E-state index in [0.29, 0.717) is 37.2 Å². The van der Waals surface area contributed by atoms with Crippen LogP contribution >= 0.6 is 0 Å². The maximum absolute atomic E-state index is 13.3. The Kier molecular flexibility index (Phi) is 6.25. The number of carbonyl (C=O) groups excluding carboxylic acids is 3. The third kappa shape index (κ3) is 4.10. The molecule has 0 bridgehead atoms. The topological polar surface area (TPSA) is 82.7 Å². The van der Waals surface area contributed by atoms with Gasteiger partial charge in [-0.15, -0.1) is 0 Å². The van der Waals surface area contributed by atoms with Gasteiger partial charge in [0, 0.05) is 30.1 Å². The third-order valence-electron chi connectivity index (χ3n) is 5.91. The number of aromatic amines is 1. The Morgan fingerprint density at radius 1 is 1.16 bits per heavy atom. The van der Waals surface area contributed by atoms with Crippen molar-refractivity contribution in [2.75, 3.05) is 18.6 Å². The Labute approximate surface area is 187 Å². The fourth-order valence-electron chi connectivity index (χ4n) is 4.25. The number of nitrogens with zero attached hydrogens (tertiary/aromatic N) is 2. The number of carbonyl (C=O) groups is 3. The van der Waals surface area contributed by atoms with Crippen molar-refractivity contribution >= 4 is 34.3 Å². The van der Waals surface area contributed by atoms with E-state index in [2.05, 4.69) is 4.98 Å². The van der Waals surface area contributed by atoms with Crippen molar-refractivity contribution in [3.8, 4) is 5.75 Å². The van der Waals surface area contributed by atoms with Gasteiger partial charge < -0.3 is 14.6 Å². The Balaban J connectivity index is 1.56. The molecule has 1 atom stereocenters. The van der Waals surface area contributed by atoms with Crippen molar-refractivity contribution < 1.29 is 19.1 Å². The zero-order chi connectivity index (χ0) is 22.7. The van der Waals surface area contributed by atoms with Crippen LogP contribution in [0.1, 0.15) is 31.7 Å². The lowest BCUT2D eigenvalue weighted by atomic mass is 10.1. The Morgan fingerprint density at radius 3 is 2.62 bits per heavy atom. The van der Waals surface area contributed by atoms with Crippen LogP contribution in [-0.2, 0) is 20.8 Å². The zero-order valence-electron chi connectivity index (χ0n) is 18.3. The van der Waals surface area contributed by atoms with Gasteiger partial charge in [-0.3, -0.25) is 14.4 Å². The van der Waals surface area contributed by atoms with E-state index in [1.165, 1.54) is 4.90 Å². The van der Waals surface area contributed by atoms with Gasteiger partial charge in [0.1, 0.15) is 11.8 Å². The Bertz CT molecular complexity index is 1140. The fourth-order valence-corrected chi connectivity index (χ4v) is 4.25. The molecule has 0 radical (unpaired) electrons. The second-order valence-corrected chi connectivity index (χ2v) is 7.93. The van der Waals surface area contributed by atoms with Gasteiger partial charge in [-0.1, -0.05) is 25.1 Å². The highest BCUT2D eigenvalue weighted by atomic mass is 16.5. The summed E-state index contributed by atoms with van der Waals surface area (Å²) in [7, 11) is 1.56. The van der Waals surface area contributed by atoms with Crippen LogP contribution in [0, 0.1) is 0 Å². The van der Waals surface area contributed by atoms with Crippen LogP contribution in [-0.4, -0.2) is 47.3 Å². The fraction of sp³-hybridized carbons (Fsp3) is 0.320. The standard InChI is InChI=1S/C25H27N3O4/c1-3-6-23(29)27(14-13-17-16-26-21-8-5-4-7-20(17)21)22-15-24(30)28(25(22)31)18-9-11-19(32-2)12-10-18/h4-5,7-12,16,22,26H,3,6,13-15H2,1-2H3. The van der Waals surface area contributed by atoms with Gasteiger partial charge in [-0.05, 0) is 48.7 Å². The first-order chi connectivity index (χ1) is 15.5. The maximum Gasteiger partial charge on any atom is 0.257 e. The van der Waals surface area contributed by atoms with Crippen LogP contribution in [0.3, 0.4) is 0 Å². The molecule has 0 saturated carbocycles. The number of methoxy groups -OCH3 is 1. The highest BCUT2D eigenvalue weighted by Gasteiger charge is 2.44.